The number of pyridine rings is 2. The molecule has 0 radical (unpaired) electrons. The highest BCUT2D eigenvalue weighted by Gasteiger charge is 2.39. The van der Waals surface area contributed by atoms with Crippen LogP contribution in [0, 0.1) is 5.92 Å². The van der Waals surface area contributed by atoms with E-state index in [2.05, 4.69) is 32.3 Å². The normalized spacial score (nSPS) is 18.5. The van der Waals surface area contributed by atoms with Crippen molar-refractivity contribution in [2.45, 2.75) is 19.5 Å². The van der Waals surface area contributed by atoms with Crippen LogP contribution >= 0.6 is 0 Å². The molecule has 4 rings (SSSR count). The Kier molecular flexibility index (Phi) is 6.09. The number of nitrogens with one attached hydrogen (secondary N) is 1. The maximum atomic E-state index is 12.7. The van der Waals surface area contributed by atoms with E-state index in [1.165, 1.54) is 5.56 Å². The lowest BCUT2D eigenvalue weighted by Gasteiger charge is -2.20. The summed E-state index contributed by atoms with van der Waals surface area (Å²) in [5.41, 5.74) is 3.68. The number of methoxy groups -OCH3 is 1. The van der Waals surface area contributed by atoms with Crippen molar-refractivity contribution in [3.05, 3.63) is 60.3 Å². The second-order valence-corrected chi connectivity index (χ2v) is 7.29. The Bertz CT molecular complexity index is 1010. The molecule has 0 amide bonds. The average Bonchev–Trinajstić information content (AvgIpc) is 3.22. The Morgan fingerprint density at radius 2 is 2.00 bits per heavy atom. The highest BCUT2D eigenvalue weighted by Crippen LogP contribution is 2.31. The van der Waals surface area contributed by atoms with Gasteiger partial charge in [0.05, 0.1) is 30.8 Å². The van der Waals surface area contributed by atoms with E-state index in [4.69, 9.17) is 9.47 Å². The smallest absolute Gasteiger partial charge is 0.312 e. The standard InChI is InChI=1S/C23H26N4O3/c1-3-30-23(28)17-14-27(15-19(17)25-13-16-7-5-4-6-8-16)20-11-12-24-18-9-10-21(29-2)26-22(18)20/h4-12,17,19,25H,3,13-15H2,1-2H3/t17-,19-/m1/s1. The van der Waals surface area contributed by atoms with Crippen LogP contribution in [0.4, 0.5) is 5.69 Å². The van der Waals surface area contributed by atoms with Crippen molar-refractivity contribution in [2.24, 2.45) is 5.92 Å². The second-order valence-electron chi connectivity index (χ2n) is 7.29. The molecule has 1 aromatic carbocycles. The van der Waals surface area contributed by atoms with Crippen LogP contribution in [0.1, 0.15) is 12.5 Å². The van der Waals surface area contributed by atoms with Crippen molar-refractivity contribution in [2.75, 3.05) is 31.7 Å². The number of rotatable bonds is 7. The van der Waals surface area contributed by atoms with Crippen molar-refractivity contribution in [3.63, 3.8) is 0 Å². The van der Waals surface area contributed by atoms with Gasteiger partial charge in [0.2, 0.25) is 5.88 Å². The van der Waals surface area contributed by atoms with Crippen LogP contribution in [0.5, 0.6) is 5.88 Å². The molecule has 3 aromatic rings. The summed E-state index contributed by atoms with van der Waals surface area (Å²) in [6, 6.07) is 15.8. The number of carbonyl (C=O) groups is 1. The van der Waals surface area contributed by atoms with E-state index in [1.54, 1.807) is 19.4 Å². The van der Waals surface area contributed by atoms with E-state index in [-0.39, 0.29) is 17.9 Å². The first-order chi connectivity index (χ1) is 14.7. The molecule has 0 bridgehead atoms. The topological polar surface area (TPSA) is 76.6 Å². The Hall–Kier alpha value is -3.19. The lowest BCUT2D eigenvalue weighted by Crippen LogP contribution is -2.39. The number of fused-ring (bicyclic) bond motifs is 1. The molecule has 30 heavy (non-hydrogen) atoms. The molecule has 0 spiro atoms. The quantitative estimate of drug-likeness (QED) is 0.605. The fourth-order valence-corrected chi connectivity index (χ4v) is 3.90. The summed E-state index contributed by atoms with van der Waals surface area (Å²) >= 11 is 0. The molecule has 1 aliphatic rings. The Morgan fingerprint density at radius 3 is 2.77 bits per heavy atom. The van der Waals surface area contributed by atoms with Gasteiger partial charge < -0.3 is 19.7 Å². The fourth-order valence-electron chi connectivity index (χ4n) is 3.90. The number of nitrogens with zero attached hydrogens (tertiary/aromatic N) is 3. The van der Waals surface area contributed by atoms with Crippen LogP contribution in [-0.2, 0) is 16.1 Å². The van der Waals surface area contributed by atoms with Gasteiger partial charge in [-0.2, -0.15) is 0 Å². The van der Waals surface area contributed by atoms with Crippen LogP contribution < -0.4 is 15.0 Å². The third-order valence-corrected chi connectivity index (χ3v) is 5.41. The van der Waals surface area contributed by atoms with Crippen molar-refractivity contribution in [1.29, 1.82) is 0 Å². The highest BCUT2D eigenvalue weighted by molar-refractivity contribution is 5.89. The minimum absolute atomic E-state index is 0.0296. The van der Waals surface area contributed by atoms with Gasteiger partial charge in [0.15, 0.2) is 0 Å². The van der Waals surface area contributed by atoms with Gasteiger partial charge in [0, 0.05) is 37.9 Å². The van der Waals surface area contributed by atoms with Crippen LogP contribution in [-0.4, -0.2) is 48.8 Å². The second kappa shape index (κ2) is 9.09. The summed E-state index contributed by atoms with van der Waals surface area (Å²) < 4.78 is 10.7. The lowest BCUT2D eigenvalue weighted by atomic mass is 10.0. The van der Waals surface area contributed by atoms with Crippen molar-refractivity contribution < 1.29 is 14.3 Å². The lowest BCUT2D eigenvalue weighted by molar-refractivity contribution is -0.147. The maximum Gasteiger partial charge on any atom is 0.312 e. The van der Waals surface area contributed by atoms with Gasteiger partial charge in [-0.25, -0.2) is 4.98 Å². The van der Waals surface area contributed by atoms with E-state index in [0.717, 1.165) is 16.7 Å². The third kappa shape index (κ3) is 4.21. The van der Waals surface area contributed by atoms with Gasteiger partial charge in [0.1, 0.15) is 5.52 Å². The molecule has 0 saturated carbocycles. The molecular weight excluding hydrogens is 380 g/mol. The average molecular weight is 406 g/mol. The molecule has 1 fully saturated rings. The fraction of sp³-hybridized carbons (Fsp3) is 0.348. The number of benzene rings is 1. The first kappa shape index (κ1) is 20.1. The maximum absolute atomic E-state index is 12.7. The summed E-state index contributed by atoms with van der Waals surface area (Å²) in [6.45, 7) is 4.14. The van der Waals surface area contributed by atoms with Gasteiger partial charge in [0.25, 0.3) is 0 Å². The Morgan fingerprint density at radius 1 is 1.17 bits per heavy atom. The first-order valence-electron chi connectivity index (χ1n) is 10.2. The molecule has 2 aromatic heterocycles. The number of hydrogen-bond donors (Lipinski definition) is 1. The first-order valence-corrected chi connectivity index (χ1v) is 10.2. The Labute approximate surface area is 176 Å². The molecule has 1 N–H and O–H groups in total. The number of esters is 1. The zero-order valence-electron chi connectivity index (χ0n) is 17.2. The molecule has 7 heteroatoms. The van der Waals surface area contributed by atoms with Crippen molar-refractivity contribution in [1.82, 2.24) is 15.3 Å². The molecule has 0 unspecified atom stereocenters. The predicted molar refractivity (Wildman–Crippen MR) is 115 cm³/mol. The number of aromatic nitrogens is 2. The third-order valence-electron chi connectivity index (χ3n) is 5.41. The van der Waals surface area contributed by atoms with E-state index >= 15 is 0 Å². The number of hydrogen-bond acceptors (Lipinski definition) is 7. The summed E-state index contributed by atoms with van der Waals surface area (Å²) in [6.07, 6.45) is 1.77. The largest absolute Gasteiger partial charge is 0.481 e. The van der Waals surface area contributed by atoms with Crippen molar-refractivity contribution >= 4 is 22.7 Å². The van der Waals surface area contributed by atoms with Gasteiger partial charge in [-0.15, -0.1) is 0 Å². The summed E-state index contributed by atoms with van der Waals surface area (Å²) in [7, 11) is 1.60. The minimum atomic E-state index is -0.262. The number of carbonyl (C=O) groups excluding carboxylic acids is 1. The SMILES string of the molecule is CCOC(=O)[C@@H]1CN(c2ccnc3ccc(OC)nc23)C[C@H]1NCc1ccccc1. The monoisotopic (exact) mass is 406 g/mol. The predicted octanol–water partition coefficient (Wildman–Crippen LogP) is 2.80. The molecule has 1 saturated heterocycles. The van der Waals surface area contributed by atoms with E-state index in [0.29, 0.717) is 32.1 Å². The van der Waals surface area contributed by atoms with Crippen LogP contribution in [0.25, 0.3) is 11.0 Å². The summed E-state index contributed by atoms with van der Waals surface area (Å²) in [5, 5.41) is 3.55. The van der Waals surface area contributed by atoms with Gasteiger partial charge in [-0.05, 0) is 24.6 Å². The summed E-state index contributed by atoms with van der Waals surface area (Å²) in [4.78, 5) is 23.9. The van der Waals surface area contributed by atoms with Crippen LogP contribution in [0.2, 0.25) is 0 Å². The zero-order chi connectivity index (χ0) is 20.9. The van der Waals surface area contributed by atoms with Crippen LogP contribution in [0.3, 0.4) is 0 Å². The molecule has 156 valence electrons. The van der Waals surface area contributed by atoms with Gasteiger partial charge in [-0.3, -0.25) is 9.78 Å². The van der Waals surface area contributed by atoms with Gasteiger partial charge >= 0.3 is 5.97 Å². The molecule has 7 nitrogen and oxygen atoms in total. The van der Waals surface area contributed by atoms with Crippen molar-refractivity contribution in [3.8, 4) is 5.88 Å². The molecule has 1 aliphatic heterocycles. The highest BCUT2D eigenvalue weighted by atomic mass is 16.5. The number of ether oxygens (including phenoxy) is 2. The van der Waals surface area contributed by atoms with E-state index in [1.807, 2.05) is 37.3 Å². The van der Waals surface area contributed by atoms with Gasteiger partial charge in [-0.1, -0.05) is 30.3 Å². The zero-order valence-corrected chi connectivity index (χ0v) is 17.2. The summed E-state index contributed by atoms with van der Waals surface area (Å²) in [5.74, 6) is 0.105. The van der Waals surface area contributed by atoms with Crippen LogP contribution in [0.15, 0.2) is 54.7 Å². The van der Waals surface area contributed by atoms with E-state index in [9.17, 15) is 4.79 Å². The molecule has 2 atom stereocenters. The minimum Gasteiger partial charge on any atom is -0.481 e. The molecule has 0 aliphatic carbocycles. The molecule has 3 heterocycles. The van der Waals surface area contributed by atoms with E-state index < -0.39 is 0 Å². The molecular formula is C23H26N4O3. The Balaban J connectivity index is 1.60. The number of anilines is 1.